The summed E-state index contributed by atoms with van der Waals surface area (Å²) in [6.45, 7) is 3.24. The Balaban J connectivity index is 1.53. The molecule has 0 spiro atoms. The van der Waals surface area contributed by atoms with Gasteiger partial charge in [0.2, 0.25) is 0 Å². The maximum Gasteiger partial charge on any atom is 0.253 e. The first-order valence-electron chi connectivity index (χ1n) is 8.04. The van der Waals surface area contributed by atoms with Gasteiger partial charge in [-0.15, -0.1) is 5.10 Å². The van der Waals surface area contributed by atoms with E-state index in [1.54, 1.807) is 30.5 Å². The second-order valence-corrected chi connectivity index (χ2v) is 6.26. The molecule has 0 saturated carbocycles. The average Bonchev–Trinajstić information content (AvgIpc) is 3.10. The number of hydrogen-bond donors (Lipinski definition) is 0. The summed E-state index contributed by atoms with van der Waals surface area (Å²) in [5, 5.41) is 8.10. The van der Waals surface area contributed by atoms with E-state index in [9.17, 15) is 9.59 Å². The highest BCUT2D eigenvalue weighted by Gasteiger charge is 2.38. The monoisotopic (exact) mass is 326 g/mol. The van der Waals surface area contributed by atoms with Gasteiger partial charge in [0.1, 0.15) is 0 Å². The normalized spacial score (nSPS) is 22.6. The second-order valence-electron chi connectivity index (χ2n) is 6.26. The van der Waals surface area contributed by atoms with E-state index in [2.05, 4.69) is 10.3 Å². The Morgan fingerprint density at radius 3 is 2.71 bits per heavy atom. The third-order valence-electron chi connectivity index (χ3n) is 4.75. The molecule has 124 valence electrons. The van der Waals surface area contributed by atoms with Crippen molar-refractivity contribution in [3.8, 4) is 0 Å². The molecule has 4 rings (SSSR count). The number of ether oxygens (including phenoxy) is 1. The van der Waals surface area contributed by atoms with Crippen molar-refractivity contribution in [2.45, 2.75) is 32.1 Å². The molecule has 2 aromatic rings. The predicted octanol–water partition coefficient (Wildman–Crippen LogP) is 1.47. The molecule has 1 saturated heterocycles. The van der Waals surface area contributed by atoms with Crippen molar-refractivity contribution in [1.82, 2.24) is 19.9 Å². The van der Waals surface area contributed by atoms with E-state index in [4.69, 9.17) is 4.74 Å². The van der Waals surface area contributed by atoms with Gasteiger partial charge < -0.3 is 9.64 Å². The van der Waals surface area contributed by atoms with E-state index in [0.29, 0.717) is 30.8 Å². The molecule has 7 heteroatoms. The number of fused-ring (bicyclic) bond motifs is 3. The molecule has 2 atom stereocenters. The Morgan fingerprint density at radius 1 is 1.21 bits per heavy atom. The molecule has 0 N–H and O–H groups in total. The van der Waals surface area contributed by atoms with Gasteiger partial charge in [0, 0.05) is 24.2 Å². The summed E-state index contributed by atoms with van der Waals surface area (Å²) in [4.78, 5) is 25.9. The zero-order chi connectivity index (χ0) is 16.7. The highest BCUT2D eigenvalue weighted by atomic mass is 16.5. The van der Waals surface area contributed by atoms with Gasteiger partial charge in [-0.05, 0) is 25.5 Å². The zero-order valence-electron chi connectivity index (χ0n) is 13.4. The molecule has 1 aromatic carbocycles. The second kappa shape index (κ2) is 5.83. The van der Waals surface area contributed by atoms with Crippen LogP contribution in [0.15, 0.2) is 30.5 Å². The number of carbonyl (C=O) groups excluding carboxylic acids is 2. The number of ketones is 1. The van der Waals surface area contributed by atoms with Gasteiger partial charge in [-0.3, -0.25) is 9.59 Å². The molecule has 0 unspecified atom stereocenters. The van der Waals surface area contributed by atoms with Crippen molar-refractivity contribution >= 4 is 11.7 Å². The number of benzene rings is 1. The number of amides is 1. The first kappa shape index (κ1) is 15.0. The molecular weight excluding hydrogens is 308 g/mol. The highest BCUT2D eigenvalue weighted by molar-refractivity contribution is 5.97. The number of hydrogen-bond acceptors (Lipinski definition) is 5. The van der Waals surface area contributed by atoms with Crippen molar-refractivity contribution in [2.75, 3.05) is 13.1 Å². The van der Waals surface area contributed by atoms with Gasteiger partial charge in [0.15, 0.2) is 5.78 Å². The largest absolute Gasteiger partial charge is 0.370 e. The molecule has 3 heterocycles. The molecule has 0 radical (unpaired) electrons. The number of likely N-dealkylation sites (tertiary alicyclic amines) is 1. The third kappa shape index (κ3) is 2.50. The van der Waals surface area contributed by atoms with Crippen LogP contribution in [-0.2, 0) is 11.3 Å². The van der Waals surface area contributed by atoms with Crippen LogP contribution in [0.2, 0.25) is 0 Å². The molecule has 1 amide bonds. The van der Waals surface area contributed by atoms with Crippen LogP contribution in [0.1, 0.15) is 45.8 Å². The molecule has 2 aliphatic heterocycles. The minimum absolute atomic E-state index is 0.00504. The van der Waals surface area contributed by atoms with E-state index in [-0.39, 0.29) is 23.8 Å². The Kier molecular flexibility index (Phi) is 3.65. The SMILES string of the molecule is CC(=O)c1ccc(C(=O)N2CC[C@@H]3OCc4cnnn4[C@@H]3C2)cc1. The van der Waals surface area contributed by atoms with Gasteiger partial charge in [0.05, 0.1) is 30.6 Å². The van der Waals surface area contributed by atoms with Gasteiger partial charge in [0.25, 0.3) is 5.91 Å². The lowest BCUT2D eigenvalue weighted by atomic mass is 9.99. The summed E-state index contributed by atoms with van der Waals surface area (Å²) < 4.78 is 7.75. The van der Waals surface area contributed by atoms with Crippen LogP contribution in [0.5, 0.6) is 0 Å². The van der Waals surface area contributed by atoms with Crippen LogP contribution in [0.4, 0.5) is 0 Å². The number of Topliss-reactive ketones (excluding diaryl/α,β-unsaturated/α-hetero) is 1. The fourth-order valence-corrected chi connectivity index (χ4v) is 3.39. The van der Waals surface area contributed by atoms with Crippen molar-refractivity contribution < 1.29 is 14.3 Å². The number of carbonyl (C=O) groups is 2. The highest BCUT2D eigenvalue weighted by Crippen LogP contribution is 2.30. The van der Waals surface area contributed by atoms with E-state index in [1.807, 2.05) is 9.58 Å². The van der Waals surface area contributed by atoms with Crippen LogP contribution in [-0.4, -0.2) is 50.8 Å². The maximum atomic E-state index is 12.8. The zero-order valence-corrected chi connectivity index (χ0v) is 13.4. The van der Waals surface area contributed by atoms with Gasteiger partial charge in [-0.1, -0.05) is 17.3 Å². The topological polar surface area (TPSA) is 77.3 Å². The average molecular weight is 326 g/mol. The summed E-state index contributed by atoms with van der Waals surface area (Å²) in [5.74, 6) is -0.0383. The van der Waals surface area contributed by atoms with E-state index in [1.165, 1.54) is 6.92 Å². The van der Waals surface area contributed by atoms with E-state index in [0.717, 1.165) is 12.1 Å². The number of aromatic nitrogens is 3. The van der Waals surface area contributed by atoms with Crippen LogP contribution in [0.3, 0.4) is 0 Å². The Morgan fingerprint density at radius 2 is 1.96 bits per heavy atom. The lowest BCUT2D eigenvalue weighted by molar-refractivity contribution is -0.0605. The summed E-state index contributed by atoms with van der Waals surface area (Å²) in [6, 6.07) is 6.82. The standard InChI is InChI=1S/C17H18N4O3/c1-11(22)12-2-4-13(5-3-12)17(23)20-7-6-16-15(9-20)21-14(10-24-16)8-18-19-21/h2-5,8,15-16H,6-7,9-10H2,1H3/t15-,16+/m1/s1. The molecule has 0 aliphatic carbocycles. The molecule has 7 nitrogen and oxygen atoms in total. The van der Waals surface area contributed by atoms with Gasteiger partial charge in [-0.25, -0.2) is 4.68 Å². The minimum Gasteiger partial charge on any atom is -0.370 e. The van der Waals surface area contributed by atoms with Crippen molar-refractivity contribution in [3.05, 3.63) is 47.3 Å². The van der Waals surface area contributed by atoms with Crippen molar-refractivity contribution in [3.63, 3.8) is 0 Å². The fourth-order valence-electron chi connectivity index (χ4n) is 3.39. The van der Waals surface area contributed by atoms with Gasteiger partial charge >= 0.3 is 0 Å². The predicted molar refractivity (Wildman–Crippen MR) is 84.6 cm³/mol. The minimum atomic E-state index is -0.0317. The van der Waals surface area contributed by atoms with Crippen LogP contribution in [0, 0.1) is 0 Å². The fraction of sp³-hybridized carbons (Fsp3) is 0.412. The first-order valence-corrected chi connectivity index (χ1v) is 8.04. The van der Waals surface area contributed by atoms with E-state index < -0.39 is 0 Å². The van der Waals surface area contributed by atoms with Crippen molar-refractivity contribution in [2.24, 2.45) is 0 Å². The Labute approximate surface area is 139 Å². The lowest BCUT2D eigenvalue weighted by Crippen LogP contribution is -2.49. The number of nitrogens with zero attached hydrogens (tertiary/aromatic N) is 4. The lowest BCUT2D eigenvalue weighted by Gasteiger charge is -2.41. The summed E-state index contributed by atoms with van der Waals surface area (Å²) in [6.07, 6.45) is 2.56. The molecule has 1 aromatic heterocycles. The molecule has 2 aliphatic rings. The van der Waals surface area contributed by atoms with E-state index >= 15 is 0 Å². The smallest absolute Gasteiger partial charge is 0.253 e. The summed E-state index contributed by atoms with van der Waals surface area (Å²) in [7, 11) is 0. The maximum absolute atomic E-state index is 12.8. The quantitative estimate of drug-likeness (QED) is 0.781. The summed E-state index contributed by atoms with van der Waals surface area (Å²) >= 11 is 0. The molecule has 1 fully saturated rings. The number of rotatable bonds is 2. The van der Waals surface area contributed by atoms with Gasteiger partial charge in [-0.2, -0.15) is 0 Å². The molecule has 24 heavy (non-hydrogen) atoms. The Hall–Kier alpha value is -2.54. The van der Waals surface area contributed by atoms with Crippen LogP contribution >= 0.6 is 0 Å². The summed E-state index contributed by atoms with van der Waals surface area (Å²) in [5.41, 5.74) is 2.14. The molecule has 0 bridgehead atoms. The first-order chi connectivity index (χ1) is 11.6. The van der Waals surface area contributed by atoms with Crippen LogP contribution in [0.25, 0.3) is 0 Å². The van der Waals surface area contributed by atoms with Crippen molar-refractivity contribution in [1.29, 1.82) is 0 Å². The third-order valence-corrected chi connectivity index (χ3v) is 4.75. The van der Waals surface area contributed by atoms with Crippen LogP contribution < -0.4 is 0 Å². The Bertz CT molecular complexity index is 783. The molecular formula is C17H18N4O3. The number of piperidine rings is 1.